The molecule has 1 aliphatic heterocycles. The fourth-order valence-electron chi connectivity index (χ4n) is 2.39. The molecule has 1 saturated heterocycles. The number of ether oxygens (including phenoxy) is 2. The van der Waals surface area contributed by atoms with Crippen molar-refractivity contribution in [3.63, 3.8) is 0 Å². The van der Waals surface area contributed by atoms with Gasteiger partial charge in [-0.15, -0.1) is 0 Å². The molecular weight excluding hydrogens is 344 g/mol. The van der Waals surface area contributed by atoms with Crippen molar-refractivity contribution in [1.82, 2.24) is 0 Å². The molecule has 0 aromatic heterocycles. The summed E-state index contributed by atoms with van der Waals surface area (Å²) >= 11 is 3.48. The number of hydrogen-bond donors (Lipinski definition) is 0. The maximum atomic E-state index is 12.6. The number of halogens is 1. The van der Waals surface area contributed by atoms with Crippen molar-refractivity contribution in [3.05, 3.63) is 24.3 Å². The Hall–Kier alpha value is -0.590. The molecule has 0 saturated carbocycles. The molecule has 1 aromatic carbocycles. The van der Waals surface area contributed by atoms with Crippen molar-refractivity contribution < 1.29 is 17.9 Å². The first-order valence-electron chi connectivity index (χ1n) is 6.52. The van der Waals surface area contributed by atoms with Crippen LogP contribution in [0, 0.1) is 5.41 Å². The number of methoxy groups -OCH3 is 1. The van der Waals surface area contributed by atoms with E-state index in [-0.39, 0.29) is 11.2 Å². The molecule has 6 heteroatoms. The van der Waals surface area contributed by atoms with Crippen molar-refractivity contribution in [2.24, 2.45) is 5.41 Å². The van der Waals surface area contributed by atoms with E-state index in [1.165, 1.54) is 0 Å². The van der Waals surface area contributed by atoms with Gasteiger partial charge < -0.3 is 9.47 Å². The van der Waals surface area contributed by atoms with Crippen LogP contribution in [0.5, 0.6) is 5.75 Å². The first kappa shape index (κ1) is 15.8. The number of sulfone groups is 1. The summed E-state index contributed by atoms with van der Waals surface area (Å²) in [6, 6.07) is 6.57. The average Bonchev–Trinajstić information content (AvgIpc) is 2.48. The SMILES string of the molecule is COc1ccc(S(=O)(=O)CC2(CBr)CCOCC2)cc1. The lowest BCUT2D eigenvalue weighted by atomic mass is 9.85. The molecule has 0 spiro atoms. The van der Waals surface area contributed by atoms with Gasteiger partial charge in [0, 0.05) is 18.5 Å². The second-order valence-electron chi connectivity index (χ2n) is 5.18. The van der Waals surface area contributed by atoms with Gasteiger partial charge in [0.15, 0.2) is 9.84 Å². The minimum atomic E-state index is -3.30. The molecule has 4 nitrogen and oxygen atoms in total. The zero-order chi connectivity index (χ0) is 14.6. The highest BCUT2D eigenvalue weighted by atomic mass is 79.9. The van der Waals surface area contributed by atoms with E-state index in [4.69, 9.17) is 9.47 Å². The third-order valence-electron chi connectivity index (χ3n) is 3.75. The molecule has 0 N–H and O–H groups in total. The number of alkyl halides is 1. The molecule has 1 aromatic rings. The van der Waals surface area contributed by atoms with Crippen LogP contribution in [-0.2, 0) is 14.6 Å². The minimum absolute atomic E-state index is 0.154. The first-order valence-corrected chi connectivity index (χ1v) is 9.29. The Balaban J connectivity index is 2.20. The highest BCUT2D eigenvalue weighted by molar-refractivity contribution is 9.09. The lowest BCUT2D eigenvalue weighted by Crippen LogP contribution is -2.37. The molecule has 0 radical (unpaired) electrons. The summed E-state index contributed by atoms with van der Waals surface area (Å²) in [6.07, 6.45) is 1.54. The molecule has 112 valence electrons. The molecule has 0 aliphatic carbocycles. The van der Waals surface area contributed by atoms with Crippen LogP contribution in [0.2, 0.25) is 0 Å². The molecule has 1 aliphatic rings. The average molecular weight is 363 g/mol. The van der Waals surface area contributed by atoms with Gasteiger partial charge in [0.2, 0.25) is 0 Å². The van der Waals surface area contributed by atoms with Crippen molar-refractivity contribution in [2.75, 3.05) is 31.4 Å². The molecule has 1 heterocycles. The predicted octanol–water partition coefficient (Wildman–Crippen LogP) is 2.66. The fraction of sp³-hybridized carbons (Fsp3) is 0.571. The van der Waals surface area contributed by atoms with Gasteiger partial charge >= 0.3 is 0 Å². The van der Waals surface area contributed by atoms with Crippen LogP contribution in [0.1, 0.15) is 12.8 Å². The minimum Gasteiger partial charge on any atom is -0.497 e. The van der Waals surface area contributed by atoms with Crippen molar-refractivity contribution in [1.29, 1.82) is 0 Å². The highest BCUT2D eigenvalue weighted by Gasteiger charge is 2.36. The van der Waals surface area contributed by atoms with E-state index < -0.39 is 9.84 Å². The standard InChI is InChI=1S/C14H19BrO4S/c1-18-12-2-4-13(5-3-12)20(16,17)11-14(10-15)6-8-19-9-7-14/h2-5H,6-11H2,1H3. The molecule has 0 unspecified atom stereocenters. The maximum Gasteiger partial charge on any atom is 0.178 e. The van der Waals surface area contributed by atoms with Gasteiger partial charge in [-0.05, 0) is 42.5 Å². The molecular formula is C14H19BrO4S. The number of hydrogen-bond acceptors (Lipinski definition) is 4. The first-order chi connectivity index (χ1) is 9.51. The van der Waals surface area contributed by atoms with Gasteiger partial charge in [0.05, 0.1) is 17.8 Å². The van der Waals surface area contributed by atoms with E-state index in [2.05, 4.69) is 15.9 Å². The zero-order valence-corrected chi connectivity index (χ0v) is 13.9. The summed E-state index contributed by atoms with van der Waals surface area (Å²) in [5.41, 5.74) is -0.225. The monoisotopic (exact) mass is 362 g/mol. The second kappa shape index (κ2) is 6.45. The third kappa shape index (κ3) is 3.54. The van der Waals surface area contributed by atoms with Crippen molar-refractivity contribution >= 4 is 25.8 Å². The van der Waals surface area contributed by atoms with Gasteiger partial charge in [-0.25, -0.2) is 8.42 Å². The van der Waals surface area contributed by atoms with Crippen LogP contribution in [0.25, 0.3) is 0 Å². The molecule has 0 bridgehead atoms. The van der Waals surface area contributed by atoms with Crippen LogP contribution in [0.4, 0.5) is 0 Å². The summed E-state index contributed by atoms with van der Waals surface area (Å²) in [7, 11) is -1.74. The summed E-state index contributed by atoms with van der Waals surface area (Å²) in [5, 5.41) is 0.679. The van der Waals surface area contributed by atoms with E-state index in [0.717, 1.165) is 12.8 Å². The van der Waals surface area contributed by atoms with Gasteiger partial charge in [-0.3, -0.25) is 0 Å². The van der Waals surface area contributed by atoms with Crippen molar-refractivity contribution in [2.45, 2.75) is 17.7 Å². The van der Waals surface area contributed by atoms with Gasteiger partial charge in [0.25, 0.3) is 0 Å². The summed E-state index contributed by atoms with van der Waals surface area (Å²) in [4.78, 5) is 0.352. The Morgan fingerprint density at radius 1 is 1.25 bits per heavy atom. The van der Waals surface area contributed by atoms with E-state index in [0.29, 0.717) is 29.2 Å². The lowest BCUT2D eigenvalue weighted by Gasteiger charge is -2.35. The maximum absolute atomic E-state index is 12.6. The van der Waals surface area contributed by atoms with Crippen LogP contribution in [-0.4, -0.2) is 39.8 Å². The Labute approximate surface area is 128 Å². The third-order valence-corrected chi connectivity index (χ3v) is 6.92. The smallest absolute Gasteiger partial charge is 0.178 e. The lowest BCUT2D eigenvalue weighted by molar-refractivity contribution is 0.0367. The second-order valence-corrected chi connectivity index (χ2v) is 7.73. The Bertz CT molecular complexity index is 533. The predicted molar refractivity (Wildman–Crippen MR) is 81.3 cm³/mol. The molecule has 2 rings (SSSR count). The summed E-state index contributed by atoms with van der Waals surface area (Å²) in [5.74, 6) is 0.811. The fourth-order valence-corrected chi connectivity index (χ4v) is 5.33. The van der Waals surface area contributed by atoms with Gasteiger partial charge in [-0.2, -0.15) is 0 Å². The quantitative estimate of drug-likeness (QED) is 0.755. The van der Waals surface area contributed by atoms with E-state index in [9.17, 15) is 8.42 Å². The molecule has 1 fully saturated rings. The van der Waals surface area contributed by atoms with Crippen LogP contribution >= 0.6 is 15.9 Å². The zero-order valence-electron chi connectivity index (χ0n) is 11.5. The largest absolute Gasteiger partial charge is 0.497 e. The van der Waals surface area contributed by atoms with Gasteiger partial charge in [0.1, 0.15) is 5.75 Å². The van der Waals surface area contributed by atoms with E-state index in [1.807, 2.05) is 0 Å². The van der Waals surface area contributed by atoms with E-state index in [1.54, 1.807) is 31.4 Å². The van der Waals surface area contributed by atoms with Crippen LogP contribution in [0.3, 0.4) is 0 Å². The Morgan fingerprint density at radius 3 is 2.35 bits per heavy atom. The van der Waals surface area contributed by atoms with Gasteiger partial charge in [-0.1, -0.05) is 15.9 Å². The summed E-state index contributed by atoms with van der Waals surface area (Å²) in [6.45, 7) is 1.26. The summed E-state index contributed by atoms with van der Waals surface area (Å²) < 4.78 is 35.5. The topological polar surface area (TPSA) is 52.6 Å². The van der Waals surface area contributed by atoms with Crippen LogP contribution < -0.4 is 4.74 Å². The Morgan fingerprint density at radius 2 is 1.85 bits per heavy atom. The highest BCUT2D eigenvalue weighted by Crippen LogP contribution is 2.35. The van der Waals surface area contributed by atoms with Crippen LogP contribution in [0.15, 0.2) is 29.2 Å². The molecule has 0 atom stereocenters. The Kier molecular flexibility index (Phi) is 5.09. The van der Waals surface area contributed by atoms with Crippen molar-refractivity contribution in [3.8, 4) is 5.75 Å². The normalized spacial score (nSPS) is 18.7. The van der Waals surface area contributed by atoms with E-state index >= 15 is 0 Å². The molecule has 0 amide bonds. The molecule has 20 heavy (non-hydrogen) atoms. The number of benzene rings is 1. The number of rotatable bonds is 5.